The molecule has 0 aliphatic carbocycles. The maximum atomic E-state index is 4.23. The quantitative estimate of drug-likeness (QED) is 0.700. The van der Waals surface area contributed by atoms with Crippen molar-refractivity contribution >= 4 is 0 Å². The molecule has 0 aromatic carbocycles. The number of nitrogens with zero attached hydrogens (tertiary/aromatic N) is 4. The lowest BCUT2D eigenvalue weighted by molar-refractivity contribution is 0.422. The van der Waals surface area contributed by atoms with Gasteiger partial charge in [0.05, 0.1) is 11.9 Å². The molecule has 1 unspecified atom stereocenters. The fourth-order valence-electron chi connectivity index (χ4n) is 2.45. The standard InChI is InChI=1S/C16H20N6/c1-13(12-22-7-3-6-20-22)8-18-10-15-11-19-21-16(15)14-4-2-5-17-9-14/h2-7,9,11,13,18H,8,10,12H2,1H3,(H,19,21). The summed E-state index contributed by atoms with van der Waals surface area (Å²) in [6.07, 6.45) is 9.29. The Labute approximate surface area is 129 Å². The second-order valence-corrected chi connectivity index (χ2v) is 5.48. The maximum absolute atomic E-state index is 4.23. The Morgan fingerprint density at radius 3 is 3.00 bits per heavy atom. The average molecular weight is 296 g/mol. The van der Waals surface area contributed by atoms with Crippen LogP contribution in [0.25, 0.3) is 11.3 Å². The Kier molecular flexibility index (Phi) is 4.60. The molecule has 0 fully saturated rings. The number of H-pyrrole nitrogens is 1. The molecule has 22 heavy (non-hydrogen) atoms. The molecule has 0 bridgehead atoms. The highest BCUT2D eigenvalue weighted by Gasteiger charge is 2.08. The predicted molar refractivity (Wildman–Crippen MR) is 84.9 cm³/mol. The van der Waals surface area contributed by atoms with E-state index in [1.54, 1.807) is 6.20 Å². The highest BCUT2D eigenvalue weighted by Crippen LogP contribution is 2.19. The van der Waals surface area contributed by atoms with Gasteiger partial charge >= 0.3 is 0 Å². The van der Waals surface area contributed by atoms with Crippen LogP contribution in [0.2, 0.25) is 0 Å². The van der Waals surface area contributed by atoms with Gasteiger partial charge in [-0.1, -0.05) is 6.92 Å². The lowest BCUT2D eigenvalue weighted by Gasteiger charge is -2.12. The van der Waals surface area contributed by atoms with E-state index in [0.717, 1.165) is 36.5 Å². The summed E-state index contributed by atoms with van der Waals surface area (Å²) >= 11 is 0. The second kappa shape index (κ2) is 7.00. The lowest BCUT2D eigenvalue weighted by Crippen LogP contribution is -2.24. The van der Waals surface area contributed by atoms with Gasteiger partial charge in [0, 0.05) is 49.0 Å². The third-order valence-corrected chi connectivity index (χ3v) is 3.53. The molecule has 114 valence electrons. The van der Waals surface area contributed by atoms with E-state index in [2.05, 4.69) is 32.5 Å². The number of rotatable bonds is 7. The highest BCUT2D eigenvalue weighted by molar-refractivity contribution is 5.61. The third-order valence-electron chi connectivity index (χ3n) is 3.53. The average Bonchev–Trinajstić information content (AvgIpc) is 3.20. The molecule has 6 nitrogen and oxygen atoms in total. The minimum Gasteiger partial charge on any atom is -0.312 e. The molecule has 0 amide bonds. The van der Waals surface area contributed by atoms with Gasteiger partial charge in [0.2, 0.25) is 0 Å². The SMILES string of the molecule is CC(CNCc1cn[nH]c1-c1cccnc1)Cn1cccn1. The van der Waals surface area contributed by atoms with Crippen LogP contribution < -0.4 is 5.32 Å². The topological polar surface area (TPSA) is 71.4 Å². The smallest absolute Gasteiger partial charge is 0.0710 e. The van der Waals surface area contributed by atoms with Crippen molar-refractivity contribution in [1.82, 2.24) is 30.3 Å². The summed E-state index contributed by atoms with van der Waals surface area (Å²) in [6, 6.07) is 5.91. The predicted octanol–water partition coefficient (Wildman–Crippen LogP) is 2.09. The molecule has 3 aromatic rings. The van der Waals surface area contributed by atoms with Gasteiger partial charge in [-0.15, -0.1) is 0 Å². The Morgan fingerprint density at radius 1 is 1.27 bits per heavy atom. The summed E-state index contributed by atoms with van der Waals surface area (Å²) in [5, 5.41) is 14.9. The molecule has 0 saturated heterocycles. The van der Waals surface area contributed by atoms with Crippen molar-refractivity contribution in [2.75, 3.05) is 6.54 Å². The van der Waals surface area contributed by atoms with Gasteiger partial charge in [0.25, 0.3) is 0 Å². The van der Waals surface area contributed by atoms with Crippen molar-refractivity contribution in [2.45, 2.75) is 20.0 Å². The second-order valence-electron chi connectivity index (χ2n) is 5.48. The first-order valence-corrected chi connectivity index (χ1v) is 7.43. The van der Waals surface area contributed by atoms with E-state index in [1.165, 1.54) is 0 Å². The number of pyridine rings is 1. The first-order valence-electron chi connectivity index (χ1n) is 7.43. The molecule has 0 spiro atoms. The molecular weight excluding hydrogens is 276 g/mol. The first-order chi connectivity index (χ1) is 10.8. The largest absolute Gasteiger partial charge is 0.312 e. The van der Waals surface area contributed by atoms with E-state index in [9.17, 15) is 0 Å². The van der Waals surface area contributed by atoms with Crippen molar-refractivity contribution in [3.8, 4) is 11.3 Å². The van der Waals surface area contributed by atoms with Crippen molar-refractivity contribution < 1.29 is 0 Å². The summed E-state index contributed by atoms with van der Waals surface area (Å²) in [5.74, 6) is 0.508. The maximum Gasteiger partial charge on any atom is 0.0710 e. The minimum atomic E-state index is 0.508. The van der Waals surface area contributed by atoms with Crippen molar-refractivity contribution in [2.24, 2.45) is 5.92 Å². The van der Waals surface area contributed by atoms with Crippen molar-refractivity contribution in [3.63, 3.8) is 0 Å². The molecule has 0 radical (unpaired) electrons. The molecule has 1 atom stereocenters. The summed E-state index contributed by atoms with van der Waals surface area (Å²) in [4.78, 5) is 4.15. The van der Waals surface area contributed by atoms with Gasteiger partial charge in [-0.2, -0.15) is 10.2 Å². The van der Waals surface area contributed by atoms with Crippen LogP contribution in [0.15, 0.2) is 49.2 Å². The molecule has 2 N–H and O–H groups in total. The van der Waals surface area contributed by atoms with Crippen LogP contribution in [0.5, 0.6) is 0 Å². The zero-order chi connectivity index (χ0) is 15.2. The van der Waals surface area contributed by atoms with Crippen LogP contribution in [0.4, 0.5) is 0 Å². The van der Waals surface area contributed by atoms with Gasteiger partial charge in [0.1, 0.15) is 0 Å². The first kappa shape index (κ1) is 14.5. The Bertz CT molecular complexity index is 674. The zero-order valence-corrected chi connectivity index (χ0v) is 12.6. The molecule has 0 aliphatic rings. The van der Waals surface area contributed by atoms with Crippen LogP contribution in [-0.2, 0) is 13.1 Å². The molecule has 3 aromatic heterocycles. The van der Waals surface area contributed by atoms with Crippen LogP contribution in [0.1, 0.15) is 12.5 Å². The number of hydrogen-bond donors (Lipinski definition) is 2. The van der Waals surface area contributed by atoms with Crippen LogP contribution in [0, 0.1) is 5.92 Å². The zero-order valence-electron chi connectivity index (χ0n) is 12.6. The number of aromatic amines is 1. The normalized spacial score (nSPS) is 12.4. The fourth-order valence-corrected chi connectivity index (χ4v) is 2.45. The minimum absolute atomic E-state index is 0.508. The molecule has 3 rings (SSSR count). The van der Waals surface area contributed by atoms with Crippen LogP contribution in [0.3, 0.4) is 0 Å². The molecular formula is C16H20N6. The number of aromatic nitrogens is 5. The Balaban J connectivity index is 1.53. The fraction of sp³-hybridized carbons (Fsp3) is 0.312. The van der Waals surface area contributed by atoms with Crippen molar-refractivity contribution in [3.05, 3.63) is 54.7 Å². The number of nitrogens with one attached hydrogen (secondary N) is 2. The lowest BCUT2D eigenvalue weighted by atomic mass is 10.1. The van der Waals surface area contributed by atoms with Gasteiger partial charge in [-0.3, -0.25) is 14.8 Å². The molecule has 0 saturated carbocycles. The molecule has 3 heterocycles. The van der Waals surface area contributed by atoms with E-state index in [4.69, 9.17) is 0 Å². The third kappa shape index (κ3) is 3.59. The Hall–Kier alpha value is -2.47. The van der Waals surface area contributed by atoms with Gasteiger partial charge in [-0.05, 0) is 30.7 Å². The monoisotopic (exact) mass is 296 g/mol. The number of hydrogen-bond acceptors (Lipinski definition) is 4. The molecule has 0 aliphatic heterocycles. The van der Waals surface area contributed by atoms with Gasteiger partial charge < -0.3 is 5.32 Å². The van der Waals surface area contributed by atoms with Gasteiger partial charge in [-0.25, -0.2) is 0 Å². The summed E-state index contributed by atoms with van der Waals surface area (Å²) in [6.45, 7) is 4.84. The van der Waals surface area contributed by atoms with E-state index >= 15 is 0 Å². The van der Waals surface area contributed by atoms with Crippen LogP contribution >= 0.6 is 0 Å². The van der Waals surface area contributed by atoms with Crippen molar-refractivity contribution in [1.29, 1.82) is 0 Å². The molecule has 6 heteroatoms. The van der Waals surface area contributed by atoms with Gasteiger partial charge in [0.15, 0.2) is 0 Å². The highest BCUT2D eigenvalue weighted by atomic mass is 15.3. The van der Waals surface area contributed by atoms with E-state index in [-0.39, 0.29) is 0 Å². The van der Waals surface area contributed by atoms with E-state index < -0.39 is 0 Å². The van der Waals surface area contributed by atoms with Crippen LogP contribution in [-0.4, -0.2) is 31.5 Å². The summed E-state index contributed by atoms with van der Waals surface area (Å²) in [7, 11) is 0. The van der Waals surface area contributed by atoms with E-state index in [1.807, 2.05) is 47.7 Å². The Morgan fingerprint density at radius 2 is 2.23 bits per heavy atom. The van der Waals surface area contributed by atoms with E-state index in [0.29, 0.717) is 5.92 Å². The summed E-state index contributed by atoms with van der Waals surface area (Å²) in [5.41, 5.74) is 3.24. The summed E-state index contributed by atoms with van der Waals surface area (Å²) < 4.78 is 1.96.